The molecule has 0 aromatic heterocycles. The lowest BCUT2D eigenvalue weighted by Gasteiger charge is -2.36. The lowest BCUT2D eigenvalue weighted by Crippen LogP contribution is -2.41. The summed E-state index contributed by atoms with van der Waals surface area (Å²) in [6.07, 6.45) is 1.25. The number of nitrogens with zero attached hydrogens (tertiary/aromatic N) is 1. The lowest BCUT2D eigenvalue weighted by atomic mass is 10.0. The molecule has 3 aromatic carbocycles. The Labute approximate surface area is 241 Å². The molecular formula is C32H42N2O4SSi. The molecule has 1 atom stereocenters. The fraction of sp³-hybridized carbons (Fsp3) is 0.344. The van der Waals surface area contributed by atoms with Gasteiger partial charge in [-0.2, -0.15) is 18.4 Å². The van der Waals surface area contributed by atoms with Crippen molar-refractivity contribution in [3.05, 3.63) is 113 Å². The number of hydrazone groups is 1. The molecule has 3 aromatic rings. The second-order valence-electron chi connectivity index (χ2n) is 11.6. The Kier molecular flexibility index (Phi) is 10.7. The number of benzene rings is 3. The molecule has 0 aliphatic rings. The highest BCUT2D eigenvalue weighted by Gasteiger charge is 2.37. The van der Waals surface area contributed by atoms with Crippen LogP contribution >= 0.6 is 0 Å². The summed E-state index contributed by atoms with van der Waals surface area (Å²) in [5.41, 5.74) is 4.20. The van der Waals surface area contributed by atoms with E-state index in [1.165, 1.54) is 0 Å². The highest BCUT2D eigenvalue weighted by Crippen LogP contribution is 2.36. The maximum absolute atomic E-state index is 13.1. The van der Waals surface area contributed by atoms with Crippen LogP contribution in [-0.4, -0.2) is 29.1 Å². The van der Waals surface area contributed by atoms with E-state index >= 15 is 0 Å². The van der Waals surface area contributed by atoms with Crippen LogP contribution in [0.2, 0.25) is 18.1 Å². The van der Waals surface area contributed by atoms with Crippen molar-refractivity contribution in [2.45, 2.75) is 70.4 Å². The van der Waals surface area contributed by atoms with Crippen molar-refractivity contribution in [3.8, 4) is 0 Å². The lowest BCUT2D eigenvalue weighted by molar-refractivity contribution is 0.0848. The predicted octanol–water partition coefficient (Wildman–Crippen LogP) is 7.56. The third-order valence-corrected chi connectivity index (χ3v) is 12.8. The molecule has 0 heterocycles. The van der Waals surface area contributed by atoms with Crippen LogP contribution in [0.15, 0.2) is 107 Å². The monoisotopic (exact) mass is 578 g/mol. The van der Waals surface area contributed by atoms with Gasteiger partial charge in [0.15, 0.2) is 8.32 Å². The Morgan fingerprint density at radius 1 is 0.950 bits per heavy atom. The Bertz CT molecular complexity index is 1400. The number of nitrogens with one attached hydrogen (secondary N) is 1. The van der Waals surface area contributed by atoms with E-state index < -0.39 is 24.4 Å². The van der Waals surface area contributed by atoms with Gasteiger partial charge in [0, 0.05) is 0 Å². The normalized spacial score (nSPS) is 14.2. The zero-order chi connectivity index (χ0) is 29.4. The van der Waals surface area contributed by atoms with Crippen LogP contribution in [-0.2, 0) is 25.8 Å². The number of sulfonamides is 1. The van der Waals surface area contributed by atoms with E-state index in [1.807, 2.05) is 80.6 Å². The number of rotatable bonds is 12. The van der Waals surface area contributed by atoms with Gasteiger partial charge in [-0.05, 0) is 66.9 Å². The van der Waals surface area contributed by atoms with Gasteiger partial charge in [-0.1, -0.05) is 99.1 Å². The fourth-order valence-corrected chi connectivity index (χ4v) is 5.44. The molecule has 6 nitrogen and oxygen atoms in total. The third kappa shape index (κ3) is 8.99. The van der Waals surface area contributed by atoms with Gasteiger partial charge < -0.3 is 9.16 Å². The number of aryl methyl sites for hydroxylation is 1. The minimum atomic E-state index is -3.89. The number of ether oxygens (including phenoxy) is 1. The van der Waals surface area contributed by atoms with Gasteiger partial charge in [0.25, 0.3) is 10.0 Å². The highest BCUT2D eigenvalue weighted by atomic mass is 32.2. The first-order chi connectivity index (χ1) is 18.8. The minimum Gasteiger partial charge on any atom is -0.413 e. The van der Waals surface area contributed by atoms with Crippen LogP contribution < -0.4 is 4.83 Å². The molecule has 0 bridgehead atoms. The molecule has 0 spiro atoms. The SMILES string of the molecule is C/C(=C\C(=N\NS(=O)(=O)c1ccc(C)cc1)C(OCc1ccccc1)c1ccccc1)CO[Si](C)(C)C(C)(C)C. The van der Waals surface area contributed by atoms with Crippen molar-refractivity contribution in [2.75, 3.05) is 6.61 Å². The molecule has 0 saturated heterocycles. The molecule has 8 heteroatoms. The van der Waals surface area contributed by atoms with Gasteiger partial charge in [0.05, 0.1) is 23.8 Å². The third-order valence-electron chi connectivity index (χ3n) is 7.12. The van der Waals surface area contributed by atoms with Gasteiger partial charge >= 0.3 is 0 Å². The molecule has 0 fully saturated rings. The van der Waals surface area contributed by atoms with Crippen molar-refractivity contribution in [2.24, 2.45) is 5.10 Å². The van der Waals surface area contributed by atoms with Gasteiger partial charge in [0.1, 0.15) is 6.10 Å². The maximum atomic E-state index is 13.1. The summed E-state index contributed by atoms with van der Waals surface area (Å²) in [7, 11) is -5.88. The first-order valence-electron chi connectivity index (χ1n) is 13.5. The second kappa shape index (κ2) is 13.5. The number of hydrogen-bond acceptors (Lipinski definition) is 5. The van der Waals surface area contributed by atoms with E-state index in [-0.39, 0.29) is 9.93 Å². The van der Waals surface area contributed by atoms with Gasteiger partial charge in [-0.3, -0.25) is 0 Å². The van der Waals surface area contributed by atoms with Crippen molar-refractivity contribution < 1.29 is 17.6 Å². The largest absolute Gasteiger partial charge is 0.413 e. The zero-order valence-electron chi connectivity index (χ0n) is 24.6. The summed E-state index contributed by atoms with van der Waals surface area (Å²) in [5.74, 6) is 0. The Morgan fingerprint density at radius 2 is 1.52 bits per heavy atom. The van der Waals surface area contributed by atoms with Gasteiger partial charge in [-0.25, -0.2) is 0 Å². The van der Waals surface area contributed by atoms with Crippen LogP contribution in [0.5, 0.6) is 0 Å². The topological polar surface area (TPSA) is 77.0 Å². The zero-order valence-corrected chi connectivity index (χ0v) is 26.5. The molecule has 1 unspecified atom stereocenters. The van der Waals surface area contributed by atoms with E-state index in [0.717, 1.165) is 22.3 Å². The Hall–Kier alpha value is -3.04. The summed E-state index contributed by atoms with van der Waals surface area (Å²) in [4.78, 5) is 2.59. The van der Waals surface area contributed by atoms with E-state index in [1.54, 1.807) is 24.3 Å². The molecule has 40 heavy (non-hydrogen) atoms. The summed E-state index contributed by atoms with van der Waals surface area (Å²) in [6.45, 7) is 15.7. The fourth-order valence-electron chi connectivity index (χ4n) is 3.59. The van der Waals surface area contributed by atoms with Crippen LogP contribution in [0.4, 0.5) is 0 Å². The quantitative estimate of drug-likeness (QED) is 0.137. The smallest absolute Gasteiger partial charge is 0.276 e. The summed E-state index contributed by atoms with van der Waals surface area (Å²) < 4.78 is 39.1. The van der Waals surface area contributed by atoms with Crippen molar-refractivity contribution >= 4 is 24.1 Å². The molecule has 3 rings (SSSR count). The highest BCUT2D eigenvalue weighted by molar-refractivity contribution is 7.89. The first-order valence-corrected chi connectivity index (χ1v) is 17.9. The average Bonchev–Trinajstić information content (AvgIpc) is 2.91. The van der Waals surface area contributed by atoms with Crippen LogP contribution in [0.3, 0.4) is 0 Å². The molecule has 0 aliphatic carbocycles. The van der Waals surface area contributed by atoms with Crippen LogP contribution in [0.25, 0.3) is 0 Å². The van der Waals surface area contributed by atoms with Gasteiger partial charge in [0.2, 0.25) is 0 Å². The van der Waals surface area contributed by atoms with Crippen LogP contribution in [0.1, 0.15) is 50.5 Å². The predicted molar refractivity (Wildman–Crippen MR) is 166 cm³/mol. The summed E-state index contributed by atoms with van der Waals surface area (Å²) >= 11 is 0. The summed E-state index contributed by atoms with van der Waals surface area (Å²) in [6, 6.07) is 26.2. The minimum absolute atomic E-state index is 0.0687. The molecular weight excluding hydrogens is 537 g/mol. The van der Waals surface area contributed by atoms with E-state index in [9.17, 15) is 8.42 Å². The molecule has 0 saturated carbocycles. The molecule has 0 radical (unpaired) electrons. The van der Waals surface area contributed by atoms with E-state index in [4.69, 9.17) is 9.16 Å². The molecule has 214 valence electrons. The van der Waals surface area contributed by atoms with Crippen molar-refractivity contribution in [1.82, 2.24) is 4.83 Å². The van der Waals surface area contributed by atoms with Crippen LogP contribution in [0, 0.1) is 6.92 Å². The van der Waals surface area contributed by atoms with E-state index in [0.29, 0.717) is 18.9 Å². The molecule has 0 amide bonds. The average molecular weight is 579 g/mol. The van der Waals surface area contributed by atoms with Crippen molar-refractivity contribution in [3.63, 3.8) is 0 Å². The van der Waals surface area contributed by atoms with Crippen molar-refractivity contribution in [1.29, 1.82) is 0 Å². The second-order valence-corrected chi connectivity index (χ2v) is 18.0. The van der Waals surface area contributed by atoms with E-state index in [2.05, 4.69) is 43.8 Å². The maximum Gasteiger partial charge on any atom is 0.276 e. The summed E-state index contributed by atoms with van der Waals surface area (Å²) in [5, 5.41) is 4.52. The Balaban J connectivity index is 2.00. The van der Waals surface area contributed by atoms with Gasteiger partial charge in [-0.15, -0.1) is 0 Å². The number of hydrogen-bond donors (Lipinski definition) is 1. The Morgan fingerprint density at radius 3 is 2.10 bits per heavy atom. The molecule has 0 aliphatic heterocycles. The molecule has 1 N–H and O–H groups in total. The standard InChI is InChI=1S/C32H42N2O4SSi/c1-25-18-20-29(21-19-25)39(35,36)34-33-30(22-26(2)23-38-40(6,7)32(3,4)5)31(28-16-12-9-13-17-28)37-24-27-14-10-8-11-15-27/h8-22,31,34H,23-24H2,1-7H3/b26-22+,33-30-. The first kappa shape index (κ1) is 31.5.